The van der Waals surface area contributed by atoms with Crippen molar-refractivity contribution in [3.8, 4) is 0 Å². The average Bonchev–Trinajstić information content (AvgIpc) is 2.55. The van der Waals surface area contributed by atoms with Crippen LogP contribution in [0, 0.1) is 5.92 Å². The zero-order valence-electron chi connectivity index (χ0n) is 16.2. The SMILES string of the molecule is COC(=O)/C(=N\OCc1ccccc1)[C@@H](NC(=O)OC(C)(C)C)C(C)C. The van der Waals surface area contributed by atoms with E-state index in [9.17, 15) is 9.59 Å². The Morgan fingerprint density at radius 3 is 2.27 bits per heavy atom. The number of nitrogens with zero attached hydrogens (tertiary/aromatic N) is 1. The highest BCUT2D eigenvalue weighted by molar-refractivity contribution is 6.38. The number of esters is 1. The number of hydrogen-bond acceptors (Lipinski definition) is 6. The summed E-state index contributed by atoms with van der Waals surface area (Å²) in [7, 11) is 1.25. The molecule has 7 heteroatoms. The van der Waals surface area contributed by atoms with Crippen molar-refractivity contribution in [1.82, 2.24) is 5.32 Å². The molecule has 0 spiro atoms. The lowest BCUT2D eigenvalue weighted by Gasteiger charge is -2.25. The van der Waals surface area contributed by atoms with Crippen LogP contribution in [0.25, 0.3) is 0 Å². The predicted octanol–water partition coefficient (Wildman–Crippen LogP) is 3.28. The molecule has 1 aromatic rings. The minimum atomic E-state index is -0.715. The van der Waals surface area contributed by atoms with Crippen LogP contribution >= 0.6 is 0 Å². The summed E-state index contributed by atoms with van der Waals surface area (Å²) in [4.78, 5) is 29.6. The molecule has 0 bridgehead atoms. The van der Waals surface area contributed by atoms with E-state index in [2.05, 4.69) is 10.5 Å². The van der Waals surface area contributed by atoms with Crippen molar-refractivity contribution in [1.29, 1.82) is 0 Å². The quantitative estimate of drug-likeness (QED) is 0.456. The van der Waals surface area contributed by atoms with Crippen LogP contribution < -0.4 is 5.32 Å². The zero-order chi connectivity index (χ0) is 19.7. The Hall–Kier alpha value is -2.57. The third-order valence-electron chi connectivity index (χ3n) is 3.26. The molecule has 1 atom stereocenters. The molecule has 26 heavy (non-hydrogen) atoms. The van der Waals surface area contributed by atoms with Gasteiger partial charge in [0.1, 0.15) is 12.2 Å². The molecule has 1 amide bonds. The molecule has 1 rings (SSSR count). The number of ether oxygens (including phenoxy) is 2. The first kappa shape index (κ1) is 21.5. The molecule has 0 fully saturated rings. The van der Waals surface area contributed by atoms with Crippen molar-refractivity contribution < 1.29 is 23.9 Å². The second-order valence-electron chi connectivity index (χ2n) is 7.10. The van der Waals surface area contributed by atoms with Gasteiger partial charge in [0.05, 0.1) is 13.2 Å². The van der Waals surface area contributed by atoms with Crippen molar-refractivity contribution >= 4 is 17.8 Å². The highest BCUT2D eigenvalue weighted by Gasteiger charge is 2.31. The van der Waals surface area contributed by atoms with Crippen LogP contribution in [0.1, 0.15) is 40.2 Å². The summed E-state index contributed by atoms with van der Waals surface area (Å²) in [5.41, 5.74) is 0.226. The molecule has 0 unspecified atom stereocenters. The molecular formula is C19H28N2O5. The average molecular weight is 364 g/mol. The summed E-state index contributed by atoms with van der Waals surface area (Å²) in [5, 5.41) is 6.60. The van der Waals surface area contributed by atoms with Crippen LogP contribution in [0.15, 0.2) is 35.5 Å². The van der Waals surface area contributed by atoms with E-state index in [-0.39, 0.29) is 18.2 Å². The van der Waals surface area contributed by atoms with Crippen LogP contribution in [0.5, 0.6) is 0 Å². The lowest BCUT2D eigenvalue weighted by atomic mass is 9.99. The van der Waals surface area contributed by atoms with E-state index in [1.165, 1.54) is 7.11 Å². The number of nitrogens with one attached hydrogen (secondary N) is 1. The maximum absolute atomic E-state index is 12.1. The van der Waals surface area contributed by atoms with Crippen LogP contribution in [0.4, 0.5) is 4.79 Å². The first-order chi connectivity index (χ1) is 12.1. The van der Waals surface area contributed by atoms with Gasteiger partial charge in [-0.3, -0.25) is 0 Å². The summed E-state index contributed by atoms with van der Waals surface area (Å²) in [6.45, 7) is 9.16. The number of rotatable bonds is 7. The monoisotopic (exact) mass is 364 g/mol. The number of benzene rings is 1. The Morgan fingerprint density at radius 1 is 1.15 bits per heavy atom. The molecule has 0 radical (unpaired) electrons. The van der Waals surface area contributed by atoms with E-state index in [1.54, 1.807) is 20.8 Å². The summed E-state index contributed by atoms with van der Waals surface area (Å²) in [6, 6.07) is 8.70. The molecule has 1 aromatic carbocycles. The van der Waals surface area contributed by atoms with E-state index in [0.717, 1.165) is 5.56 Å². The molecule has 0 aliphatic carbocycles. The zero-order valence-corrected chi connectivity index (χ0v) is 16.2. The fraction of sp³-hybridized carbons (Fsp3) is 0.526. The van der Waals surface area contributed by atoms with Crippen molar-refractivity contribution in [2.24, 2.45) is 11.1 Å². The number of alkyl carbamates (subject to hydrolysis) is 1. The lowest BCUT2D eigenvalue weighted by Crippen LogP contribution is -2.49. The minimum Gasteiger partial charge on any atom is -0.464 e. The number of methoxy groups -OCH3 is 1. The van der Waals surface area contributed by atoms with E-state index in [4.69, 9.17) is 14.3 Å². The minimum absolute atomic E-state index is 0.0238. The first-order valence-corrected chi connectivity index (χ1v) is 8.45. The van der Waals surface area contributed by atoms with Gasteiger partial charge in [0.25, 0.3) is 0 Å². The molecule has 1 N–H and O–H groups in total. The second-order valence-corrected chi connectivity index (χ2v) is 7.10. The van der Waals surface area contributed by atoms with Gasteiger partial charge in [-0.05, 0) is 32.3 Å². The fourth-order valence-corrected chi connectivity index (χ4v) is 2.06. The van der Waals surface area contributed by atoms with Gasteiger partial charge in [0.2, 0.25) is 0 Å². The van der Waals surface area contributed by atoms with Crippen LogP contribution in [-0.4, -0.2) is 36.5 Å². The van der Waals surface area contributed by atoms with Crippen LogP contribution in [-0.2, 0) is 25.7 Å². The van der Waals surface area contributed by atoms with Crippen molar-refractivity contribution in [2.75, 3.05) is 7.11 Å². The van der Waals surface area contributed by atoms with E-state index < -0.39 is 23.7 Å². The third kappa shape index (κ3) is 7.55. The van der Waals surface area contributed by atoms with E-state index >= 15 is 0 Å². The molecular weight excluding hydrogens is 336 g/mol. The van der Waals surface area contributed by atoms with Crippen molar-refractivity contribution in [3.63, 3.8) is 0 Å². The largest absolute Gasteiger partial charge is 0.464 e. The van der Waals surface area contributed by atoms with Gasteiger partial charge < -0.3 is 19.6 Å². The first-order valence-electron chi connectivity index (χ1n) is 8.45. The predicted molar refractivity (Wildman–Crippen MR) is 98.7 cm³/mol. The number of oxime groups is 1. The second kappa shape index (κ2) is 9.79. The Kier molecular flexibility index (Phi) is 8.09. The Bertz CT molecular complexity index is 621. The Labute approximate surface area is 154 Å². The van der Waals surface area contributed by atoms with Gasteiger partial charge >= 0.3 is 12.1 Å². The number of hydrogen-bond donors (Lipinski definition) is 1. The Balaban J connectivity index is 2.92. The molecule has 0 aliphatic heterocycles. The van der Waals surface area contributed by atoms with Gasteiger partial charge in [0, 0.05) is 0 Å². The smallest absolute Gasteiger partial charge is 0.408 e. The molecule has 0 saturated heterocycles. The topological polar surface area (TPSA) is 86.2 Å². The molecule has 0 aromatic heterocycles. The number of carbonyl (C=O) groups excluding carboxylic acids is 2. The molecule has 0 aliphatic rings. The fourth-order valence-electron chi connectivity index (χ4n) is 2.06. The lowest BCUT2D eigenvalue weighted by molar-refractivity contribution is -0.133. The maximum atomic E-state index is 12.1. The van der Waals surface area contributed by atoms with Crippen molar-refractivity contribution in [2.45, 2.75) is 52.9 Å². The number of carbonyl (C=O) groups is 2. The third-order valence-corrected chi connectivity index (χ3v) is 3.26. The maximum Gasteiger partial charge on any atom is 0.408 e. The normalized spacial score (nSPS) is 13.1. The van der Waals surface area contributed by atoms with E-state index in [1.807, 2.05) is 44.2 Å². The highest BCUT2D eigenvalue weighted by Crippen LogP contribution is 2.11. The standard InChI is InChI=1S/C19H28N2O5/c1-13(2)15(20-18(23)26-19(3,4)5)16(17(22)24-6)21-25-12-14-10-8-7-9-11-14/h7-11,13,15H,12H2,1-6H3,(H,20,23)/b21-16-/t15-/m0/s1. The molecule has 144 valence electrons. The summed E-state index contributed by atoms with van der Waals surface area (Å²) < 4.78 is 10.0. The van der Waals surface area contributed by atoms with Crippen LogP contribution in [0.2, 0.25) is 0 Å². The van der Waals surface area contributed by atoms with Gasteiger partial charge in [-0.25, -0.2) is 9.59 Å². The summed E-state index contributed by atoms with van der Waals surface area (Å²) in [6.07, 6.45) is -0.643. The summed E-state index contributed by atoms with van der Waals surface area (Å²) in [5.74, 6) is -0.812. The molecule has 7 nitrogen and oxygen atoms in total. The Morgan fingerprint density at radius 2 is 1.77 bits per heavy atom. The van der Waals surface area contributed by atoms with Gasteiger partial charge in [0.15, 0.2) is 5.71 Å². The van der Waals surface area contributed by atoms with E-state index in [0.29, 0.717) is 0 Å². The van der Waals surface area contributed by atoms with Gasteiger partial charge in [-0.15, -0.1) is 0 Å². The molecule has 0 heterocycles. The van der Waals surface area contributed by atoms with Crippen LogP contribution in [0.3, 0.4) is 0 Å². The number of amides is 1. The summed E-state index contributed by atoms with van der Waals surface area (Å²) >= 11 is 0. The molecule has 0 saturated carbocycles. The van der Waals surface area contributed by atoms with Crippen molar-refractivity contribution in [3.05, 3.63) is 35.9 Å². The van der Waals surface area contributed by atoms with Gasteiger partial charge in [-0.2, -0.15) is 0 Å². The van der Waals surface area contributed by atoms with Gasteiger partial charge in [-0.1, -0.05) is 49.3 Å². The highest BCUT2D eigenvalue weighted by atomic mass is 16.6.